The summed E-state index contributed by atoms with van der Waals surface area (Å²) in [4.78, 5) is 0. The van der Waals surface area contributed by atoms with Crippen LogP contribution in [0.1, 0.15) is 17.0 Å². The van der Waals surface area contributed by atoms with Crippen LogP contribution in [0.3, 0.4) is 0 Å². The predicted molar refractivity (Wildman–Crippen MR) is 98.4 cm³/mol. The zero-order valence-electron chi connectivity index (χ0n) is 12.7. The molecule has 2 aromatic carbocycles. The van der Waals surface area contributed by atoms with Gasteiger partial charge in [-0.05, 0) is 11.1 Å². The zero-order chi connectivity index (χ0) is 14.5. The van der Waals surface area contributed by atoms with Crippen LogP contribution in [0, 0.1) is 11.3 Å². The third kappa shape index (κ3) is 4.04. The molecule has 2 aromatic rings. The Hall–Kier alpha value is -1.57. The number of benzene rings is 2. The topological polar surface area (TPSA) is 47.9 Å². The van der Waals surface area contributed by atoms with E-state index in [1.54, 1.807) is 0 Å². The highest BCUT2D eigenvalue weighted by Gasteiger charge is 2.41. The van der Waals surface area contributed by atoms with E-state index in [2.05, 4.69) is 41.0 Å². The van der Waals surface area contributed by atoms with E-state index in [0.29, 0.717) is 6.54 Å². The molecule has 0 spiro atoms. The van der Waals surface area contributed by atoms with E-state index < -0.39 is 5.54 Å². The summed E-state index contributed by atoms with van der Waals surface area (Å²) in [6.07, 6.45) is 0. The maximum atomic E-state index is 9.88. The molecule has 3 rings (SSSR count). The molecular weight excluding hydrogens is 329 g/mol. The SMILES string of the molecule is Cl.Cl.N#CC1(C(c2ccccc2)c2ccccc2)CNCCN1. The van der Waals surface area contributed by atoms with Crippen molar-refractivity contribution in [2.45, 2.75) is 11.5 Å². The Morgan fingerprint density at radius 1 is 0.870 bits per heavy atom. The van der Waals surface area contributed by atoms with E-state index in [1.807, 2.05) is 36.4 Å². The summed E-state index contributed by atoms with van der Waals surface area (Å²) in [6.45, 7) is 2.36. The van der Waals surface area contributed by atoms with Gasteiger partial charge in [-0.15, -0.1) is 24.8 Å². The van der Waals surface area contributed by atoms with Crippen LogP contribution in [0.15, 0.2) is 60.7 Å². The van der Waals surface area contributed by atoms with Crippen molar-refractivity contribution in [3.05, 3.63) is 71.8 Å². The Kier molecular flexibility index (Phi) is 7.54. The van der Waals surface area contributed by atoms with Crippen LogP contribution >= 0.6 is 24.8 Å². The number of nitrogens with zero attached hydrogens (tertiary/aromatic N) is 1. The molecule has 5 heteroatoms. The van der Waals surface area contributed by atoms with Gasteiger partial charge in [-0.25, -0.2) is 0 Å². The van der Waals surface area contributed by atoms with E-state index in [1.165, 1.54) is 11.1 Å². The molecule has 0 bridgehead atoms. The predicted octanol–water partition coefficient (Wildman–Crippen LogP) is 3.12. The fourth-order valence-corrected chi connectivity index (χ4v) is 3.12. The largest absolute Gasteiger partial charge is 0.313 e. The van der Waals surface area contributed by atoms with Crippen molar-refractivity contribution in [1.29, 1.82) is 5.26 Å². The summed E-state index contributed by atoms with van der Waals surface area (Å²) >= 11 is 0. The van der Waals surface area contributed by atoms with E-state index in [9.17, 15) is 5.26 Å². The van der Waals surface area contributed by atoms with Crippen LogP contribution in [0.25, 0.3) is 0 Å². The lowest BCUT2D eigenvalue weighted by molar-refractivity contribution is 0.312. The first-order chi connectivity index (χ1) is 10.4. The molecule has 1 aliphatic heterocycles. The van der Waals surface area contributed by atoms with Gasteiger partial charge in [0, 0.05) is 25.6 Å². The molecule has 122 valence electrons. The monoisotopic (exact) mass is 349 g/mol. The van der Waals surface area contributed by atoms with Crippen LogP contribution in [0.4, 0.5) is 0 Å². The van der Waals surface area contributed by atoms with Gasteiger partial charge in [0.2, 0.25) is 0 Å². The van der Waals surface area contributed by atoms with E-state index >= 15 is 0 Å². The Morgan fingerprint density at radius 2 is 1.39 bits per heavy atom. The molecule has 1 saturated heterocycles. The first-order valence-corrected chi connectivity index (χ1v) is 7.33. The van der Waals surface area contributed by atoms with Crippen molar-refractivity contribution in [2.24, 2.45) is 0 Å². The highest BCUT2D eigenvalue weighted by molar-refractivity contribution is 5.85. The molecule has 1 aliphatic rings. The van der Waals surface area contributed by atoms with Crippen LogP contribution < -0.4 is 10.6 Å². The standard InChI is InChI=1S/C18H19N3.2ClH/c19-13-18(14-20-11-12-21-18)17(15-7-3-1-4-8-15)16-9-5-2-6-10-16;;/h1-10,17,20-21H,11-12,14H2;2*1H. The van der Waals surface area contributed by atoms with Gasteiger partial charge in [-0.1, -0.05) is 60.7 Å². The molecule has 3 nitrogen and oxygen atoms in total. The summed E-state index contributed by atoms with van der Waals surface area (Å²) in [6, 6.07) is 23.1. The van der Waals surface area contributed by atoms with Crippen molar-refractivity contribution < 1.29 is 0 Å². The summed E-state index contributed by atoms with van der Waals surface area (Å²) in [7, 11) is 0. The smallest absolute Gasteiger partial charge is 0.130 e. The summed E-state index contributed by atoms with van der Waals surface area (Å²) < 4.78 is 0. The summed E-state index contributed by atoms with van der Waals surface area (Å²) in [5, 5.41) is 16.7. The second kappa shape index (κ2) is 8.90. The highest BCUT2D eigenvalue weighted by atomic mass is 35.5. The number of nitrogens with one attached hydrogen (secondary N) is 2. The van der Waals surface area contributed by atoms with E-state index in [-0.39, 0.29) is 30.7 Å². The number of rotatable bonds is 3. The first-order valence-electron chi connectivity index (χ1n) is 7.33. The number of hydrogen-bond acceptors (Lipinski definition) is 3. The Bertz CT molecular complexity index is 580. The van der Waals surface area contributed by atoms with Crippen LogP contribution in [-0.2, 0) is 0 Å². The Balaban J connectivity index is 0.00000132. The van der Waals surface area contributed by atoms with Crippen molar-refractivity contribution in [3.8, 4) is 6.07 Å². The van der Waals surface area contributed by atoms with Gasteiger partial charge in [0.25, 0.3) is 0 Å². The minimum atomic E-state index is -0.610. The number of hydrogen-bond donors (Lipinski definition) is 2. The van der Waals surface area contributed by atoms with Gasteiger partial charge in [0.1, 0.15) is 5.54 Å². The molecule has 1 unspecified atom stereocenters. The minimum Gasteiger partial charge on any atom is -0.313 e. The molecule has 0 radical (unpaired) electrons. The van der Waals surface area contributed by atoms with Gasteiger partial charge in [-0.3, -0.25) is 5.32 Å². The Morgan fingerprint density at radius 3 is 1.78 bits per heavy atom. The maximum absolute atomic E-state index is 9.88. The zero-order valence-corrected chi connectivity index (χ0v) is 14.4. The van der Waals surface area contributed by atoms with Gasteiger partial charge >= 0.3 is 0 Å². The average Bonchev–Trinajstić information content (AvgIpc) is 2.58. The Labute approximate surface area is 149 Å². The normalized spacial score (nSPS) is 20.0. The minimum absolute atomic E-state index is 0. The molecule has 2 N–H and O–H groups in total. The van der Waals surface area contributed by atoms with Gasteiger partial charge in [-0.2, -0.15) is 5.26 Å². The van der Waals surface area contributed by atoms with Crippen molar-refractivity contribution in [2.75, 3.05) is 19.6 Å². The maximum Gasteiger partial charge on any atom is 0.130 e. The van der Waals surface area contributed by atoms with Crippen LogP contribution in [-0.4, -0.2) is 25.2 Å². The molecule has 1 atom stereocenters. The van der Waals surface area contributed by atoms with E-state index in [4.69, 9.17) is 0 Å². The first kappa shape index (κ1) is 19.5. The molecule has 1 fully saturated rings. The fraction of sp³-hybridized carbons (Fsp3) is 0.278. The van der Waals surface area contributed by atoms with Crippen LogP contribution in [0.2, 0.25) is 0 Å². The quantitative estimate of drug-likeness (QED) is 0.894. The second-order valence-corrected chi connectivity index (χ2v) is 5.44. The molecule has 0 aromatic heterocycles. The van der Waals surface area contributed by atoms with Gasteiger partial charge in [0.05, 0.1) is 6.07 Å². The summed E-state index contributed by atoms with van der Waals surface area (Å²) in [5.41, 5.74) is 1.73. The summed E-state index contributed by atoms with van der Waals surface area (Å²) in [5.74, 6) is 0.0118. The molecule has 0 aliphatic carbocycles. The highest BCUT2D eigenvalue weighted by Crippen LogP contribution is 2.35. The number of halogens is 2. The lowest BCUT2D eigenvalue weighted by Gasteiger charge is -2.40. The van der Waals surface area contributed by atoms with E-state index in [0.717, 1.165) is 13.1 Å². The lowest BCUT2D eigenvalue weighted by Crippen LogP contribution is -2.61. The number of nitriles is 1. The molecule has 1 heterocycles. The van der Waals surface area contributed by atoms with Gasteiger partial charge < -0.3 is 5.32 Å². The lowest BCUT2D eigenvalue weighted by atomic mass is 9.75. The van der Waals surface area contributed by atoms with Gasteiger partial charge in [0.15, 0.2) is 0 Å². The number of piperazine rings is 1. The third-order valence-electron chi connectivity index (χ3n) is 4.10. The molecule has 23 heavy (non-hydrogen) atoms. The third-order valence-corrected chi connectivity index (χ3v) is 4.10. The van der Waals surface area contributed by atoms with Crippen molar-refractivity contribution >= 4 is 24.8 Å². The molecular formula is C18H21Cl2N3. The fourth-order valence-electron chi connectivity index (χ4n) is 3.12. The average molecular weight is 350 g/mol. The molecule has 0 amide bonds. The molecule has 0 saturated carbocycles. The van der Waals surface area contributed by atoms with Crippen molar-refractivity contribution in [1.82, 2.24) is 10.6 Å². The second-order valence-electron chi connectivity index (χ2n) is 5.44. The van der Waals surface area contributed by atoms with Crippen molar-refractivity contribution in [3.63, 3.8) is 0 Å². The van der Waals surface area contributed by atoms with Crippen LogP contribution in [0.5, 0.6) is 0 Å².